The molecule has 1 heterocycles. The highest BCUT2D eigenvalue weighted by Gasteiger charge is 2.19. The van der Waals surface area contributed by atoms with Gasteiger partial charge in [0.25, 0.3) is 0 Å². The number of esters is 1. The van der Waals surface area contributed by atoms with Crippen LogP contribution < -0.4 is 5.73 Å². The molecule has 6 nitrogen and oxygen atoms in total. The van der Waals surface area contributed by atoms with Gasteiger partial charge in [-0.1, -0.05) is 18.1 Å². The zero-order valence-electron chi connectivity index (χ0n) is 10.5. The fraction of sp³-hybridized carbons (Fsp3) is 0.750. The van der Waals surface area contributed by atoms with Crippen LogP contribution in [0.4, 0.5) is 0 Å². The molecule has 0 aromatic carbocycles. The molecule has 6 heteroatoms. The van der Waals surface area contributed by atoms with Gasteiger partial charge in [0.2, 0.25) is 0 Å². The minimum Gasteiger partial charge on any atom is -0.458 e. The highest BCUT2D eigenvalue weighted by Crippen LogP contribution is 2.20. The van der Waals surface area contributed by atoms with Gasteiger partial charge in [0.1, 0.15) is 6.10 Å². The van der Waals surface area contributed by atoms with E-state index in [9.17, 15) is 4.79 Å². The van der Waals surface area contributed by atoms with E-state index in [0.29, 0.717) is 13.1 Å². The summed E-state index contributed by atoms with van der Waals surface area (Å²) < 4.78 is 7.02. The number of carbonyl (C=O) groups excluding carboxylic acids is 1. The maximum absolute atomic E-state index is 11.9. The summed E-state index contributed by atoms with van der Waals surface area (Å²) in [6.07, 6.45) is 8.30. The molecule has 0 spiro atoms. The van der Waals surface area contributed by atoms with Crippen LogP contribution in [-0.2, 0) is 11.3 Å². The second-order valence-electron chi connectivity index (χ2n) is 4.67. The van der Waals surface area contributed by atoms with Crippen LogP contribution >= 0.6 is 0 Å². The van der Waals surface area contributed by atoms with E-state index in [-0.39, 0.29) is 17.8 Å². The number of nitrogens with zero attached hydrogens (tertiary/aromatic N) is 3. The number of hydrogen-bond donors (Lipinski definition) is 1. The molecule has 18 heavy (non-hydrogen) atoms. The van der Waals surface area contributed by atoms with Crippen LogP contribution in [0.1, 0.15) is 49.0 Å². The molecule has 100 valence electrons. The first-order valence-electron chi connectivity index (χ1n) is 6.61. The van der Waals surface area contributed by atoms with Crippen LogP contribution in [-0.4, -0.2) is 33.6 Å². The van der Waals surface area contributed by atoms with Gasteiger partial charge in [0, 0.05) is 6.54 Å². The lowest BCUT2D eigenvalue weighted by Crippen LogP contribution is -2.18. The molecule has 0 saturated heterocycles. The van der Waals surface area contributed by atoms with E-state index < -0.39 is 0 Å². The molecule has 0 radical (unpaired) electrons. The first-order valence-corrected chi connectivity index (χ1v) is 6.61. The van der Waals surface area contributed by atoms with Gasteiger partial charge in [-0.2, -0.15) is 0 Å². The molecule has 0 atom stereocenters. The molecule has 1 aromatic rings. The Balaban J connectivity index is 1.89. The Morgan fingerprint density at radius 3 is 2.78 bits per heavy atom. The number of ether oxygens (including phenoxy) is 1. The van der Waals surface area contributed by atoms with Crippen LogP contribution in [0.3, 0.4) is 0 Å². The molecule has 1 aliphatic carbocycles. The van der Waals surface area contributed by atoms with Gasteiger partial charge < -0.3 is 10.5 Å². The minimum absolute atomic E-state index is 0.0414. The van der Waals surface area contributed by atoms with Gasteiger partial charge in [-0.15, -0.1) is 5.10 Å². The van der Waals surface area contributed by atoms with E-state index in [2.05, 4.69) is 10.3 Å². The largest absolute Gasteiger partial charge is 0.458 e. The Labute approximate surface area is 106 Å². The standard InChI is InChI=1S/C12H20N4O2/c13-7-8-16-9-11(14-15-16)12(17)18-10-5-3-1-2-4-6-10/h9-10H,1-8,13H2. The normalized spacial score (nSPS) is 17.4. The molecule has 1 aliphatic rings. The molecule has 0 unspecified atom stereocenters. The van der Waals surface area contributed by atoms with Crippen LogP contribution in [0, 0.1) is 0 Å². The van der Waals surface area contributed by atoms with E-state index >= 15 is 0 Å². The topological polar surface area (TPSA) is 83.0 Å². The lowest BCUT2D eigenvalue weighted by molar-refractivity contribution is 0.0260. The lowest BCUT2D eigenvalue weighted by Gasteiger charge is -2.13. The predicted octanol–water partition coefficient (Wildman–Crippen LogP) is 1.12. The quantitative estimate of drug-likeness (QED) is 0.641. The fourth-order valence-corrected chi connectivity index (χ4v) is 2.20. The van der Waals surface area contributed by atoms with Gasteiger partial charge >= 0.3 is 5.97 Å². The van der Waals surface area contributed by atoms with E-state index in [1.54, 1.807) is 10.9 Å². The van der Waals surface area contributed by atoms with Gasteiger partial charge in [-0.3, -0.25) is 4.68 Å². The van der Waals surface area contributed by atoms with Crippen molar-refractivity contribution in [3.8, 4) is 0 Å². The summed E-state index contributed by atoms with van der Waals surface area (Å²) in [6.45, 7) is 1.03. The summed E-state index contributed by atoms with van der Waals surface area (Å²) in [4.78, 5) is 11.9. The first-order chi connectivity index (χ1) is 8.79. The van der Waals surface area contributed by atoms with E-state index in [4.69, 9.17) is 10.5 Å². The van der Waals surface area contributed by atoms with Crippen LogP contribution in [0.15, 0.2) is 6.20 Å². The molecule has 1 saturated carbocycles. The Bertz CT molecular complexity index is 383. The first kappa shape index (κ1) is 13.0. The van der Waals surface area contributed by atoms with Crippen molar-refractivity contribution in [3.05, 3.63) is 11.9 Å². The van der Waals surface area contributed by atoms with E-state index in [0.717, 1.165) is 25.7 Å². The molecular weight excluding hydrogens is 232 g/mol. The van der Waals surface area contributed by atoms with Gasteiger partial charge in [0.15, 0.2) is 5.69 Å². The van der Waals surface area contributed by atoms with Crippen molar-refractivity contribution in [2.75, 3.05) is 6.54 Å². The van der Waals surface area contributed by atoms with Crippen molar-refractivity contribution in [1.29, 1.82) is 0 Å². The number of aromatic nitrogens is 3. The second kappa shape index (κ2) is 6.49. The molecule has 0 amide bonds. The fourth-order valence-electron chi connectivity index (χ4n) is 2.20. The summed E-state index contributed by atoms with van der Waals surface area (Å²) in [5.74, 6) is -0.370. The smallest absolute Gasteiger partial charge is 0.360 e. The van der Waals surface area contributed by atoms with Crippen molar-refractivity contribution in [2.24, 2.45) is 5.73 Å². The molecule has 0 bridgehead atoms. The maximum atomic E-state index is 11.9. The van der Waals surface area contributed by atoms with E-state index in [1.807, 2.05) is 0 Å². The highest BCUT2D eigenvalue weighted by atomic mass is 16.5. The summed E-state index contributed by atoms with van der Waals surface area (Å²) in [5.41, 5.74) is 5.68. The van der Waals surface area contributed by atoms with Crippen LogP contribution in [0.5, 0.6) is 0 Å². The Morgan fingerprint density at radius 1 is 1.39 bits per heavy atom. The Morgan fingerprint density at radius 2 is 2.11 bits per heavy atom. The molecule has 1 aromatic heterocycles. The number of nitrogens with two attached hydrogens (primary N) is 1. The molecule has 2 N–H and O–H groups in total. The maximum Gasteiger partial charge on any atom is 0.360 e. The zero-order chi connectivity index (χ0) is 12.8. The third kappa shape index (κ3) is 3.53. The summed E-state index contributed by atoms with van der Waals surface area (Å²) in [5, 5.41) is 7.63. The molecule has 1 fully saturated rings. The third-order valence-corrected chi connectivity index (χ3v) is 3.18. The van der Waals surface area contributed by atoms with Crippen molar-refractivity contribution in [1.82, 2.24) is 15.0 Å². The number of hydrogen-bond acceptors (Lipinski definition) is 5. The van der Waals surface area contributed by atoms with Crippen LogP contribution in [0.2, 0.25) is 0 Å². The van der Waals surface area contributed by atoms with Crippen molar-refractivity contribution in [3.63, 3.8) is 0 Å². The molecule has 2 rings (SSSR count). The SMILES string of the molecule is NCCn1cc(C(=O)OC2CCCCCC2)nn1. The van der Waals surface area contributed by atoms with Gasteiger partial charge in [-0.05, 0) is 25.7 Å². The monoisotopic (exact) mass is 252 g/mol. The second-order valence-corrected chi connectivity index (χ2v) is 4.67. The number of carbonyl (C=O) groups is 1. The third-order valence-electron chi connectivity index (χ3n) is 3.18. The Hall–Kier alpha value is -1.43. The summed E-state index contributed by atoms with van der Waals surface area (Å²) >= 11 is 0. The number of rotatable bonds is 4. The van der Waals surface area contributed by atoms with Crippen molar-refractivity contribution in [2.45, 2.75) is 51.2 Å². The van der Waals surface area contributed by atoms with Crippen molar-refractivity contribution < 1.29 is 9.53 Å². The van der Waals surface area contributed by atoms with Crippen LogP contribution in [0.25, 0.3) is 0 Å². The average Bonchev–Trinajstić information content (AvgIpc) is 2.67. The zero-order valence-corrected chi connectivity index (χ0v) is 10.5. The lowest BCUT2D eigenvalue weighted by atomic mass is 10.1. The minimum atomic E-state index is -0.370. The summed E-state index contributed by atoms with van der Waals surface area (Å²) in [7, 11) is 0. The molecule has 0 aliphatic heterocycles. The Kier molecular flexibility index (Phi) is 4.69. The highest BCUT2D eigenvalue weighted by molar-refractivity contribution is 5.86. The van der Waals surface area contributed by atoms with Gasteiger partial charge in [0.05, 0.1) is 12.7 Å². The predicted molar refractivity (Wildman–Crippen MR) is 66.0 cm³/mol. The van der Waals surface area contributed by atoms with Crippen molar-refractivity contribution >= 4 is 5.97 Å². The van der Waals surface area contributed by atoms with Gasteiger partial charge in [-0.25, -0.2) is 4.79 Å². The summed E-state index contributed by atoms with van der Waals surface area (Å²) in [6, 6.07) is 0. The molecular formula is C12H20N4O2. The van der Waals surface area contributed by atoms with E-state index in [1.165, 1.54) is 12.8 Å². The average molecular weight is 252 g/mol.